The van der Waals surface area contributed by atoms with E-state index in [9.17, 15) is 18.0 Å². The van der Waals surface area contributed by atoms with Crippen LogP contribution in [0.1, 0.15) is 36.0 Å². The highest BCUT2D eigenvalue weighted by molar-refractivity contribution is 5.94. The van der Waals surface area contributed by atoms with Gasteiger partial charge in [-0.2, -0.15) is 0 Å². The second-order valence-corrected chi connectivity index (χ2v) is 5.19. The van der Waals surface area contributed by atoms with Gasteiger partial charge in [0.25, 0.3) is 5.91 Å². The Balaban J connectivity index is 2.22. The molecule has 0 aromatic heterocycles. The van der Waals surface area contributed by atoms with E-state index in [0.717, 1.165) is 25.7 Å². The zero-order valence-corrected chi connectivity index (χ0v) is 11.2. The molecule has 20 heavy (non-hydrogen) atoms. The first-order valence-electron chi connectivity index (χ1n) is 6.59. The van der Waals surface area contributed by atoms with Gasteiger partial charge in [-0.25, -0.2) is 13.2 Å². The molecule has 0 heterocycles. The van der Waals surface area contributed by atoms with E-state index < -0.39 is 23.4 Å². The van der Waals surface area contributed by atoms with Gasteiger partial charge in [-0.3, -0.25) is 4.79 Å². The Labute approximate surface area is 115 Å². The number of carbonyl (C=O) groups excluding carboxylic acids is 1. The predicted molar refractivity (Wildman–Crippen MR) is 68.6 cm³/mol. The third kappa shape index (κ3) is 2.80. The molecule has 1 fully saturated rings. The van der Waals surface area contributed by atoms with Crippen LogP contribution in [0.25, 0.3) is 0 Å². The van der Waals surface area contributed by atoms with Gasteiger partial charge in [-0.05, 0) is 25.0 Å². The Morgan fingerprint density at radius 1 is 1.20 bits per heavy atom. The molecule has 0 radical (unpaired) electrons. The van der Waals surface area contributed by atoms with Crippen molar-refractivity contribution >= 4 is 5.91 Å². The quantitative estimate of drug-likeness (QED) is 0.849. The van der Waals surface area contributed by atoms with E-state index in [1.165, 1.54) is 4.90 Å². The second kappa shape index (κ2) is 5.83. The maximum Gasteiger partial charge on any atom is 0.254 e. The van der Waals surface area contributed by atoms with Gasteiger partial charge in [0.15, 0.2) is 17.5 Å². The highest BCUT2D eigenvalue weighted by Crippen LogP contribution is 2.23. The Hall–Kier alpha value is -1.56. The molecule has 2 atom stereocenters. The minimum Gasteiger partial charge on any atom is -0.337 e. The maximum atomic E-state index is 13.2. The van der Waals surface area contributed by atoms with E-state index in [4.69, 9.17) is 5.73 Å². The smallest absolute Gasteiger partial charge is 0.254 e. The molecule has 0 spiro atoms. The van der Waals surface area contributed by atoms with Crippen molar-refractivity contribution in [2.24, 2.45) is 5.73 Å². The second-order valence-electron chi connectivity index (χ2n) is 5.19. The lowest BCUT2D eigenvalue weighted by Gasteiger charge is -2.36. The van der Waals surface area contributed by atoms with Gasteiger partial charge in [0, 0.05) is 24.7 Å². The fourth-order valence-corrected chi connectivity index (χ4v) is 2.65. The molecule has 2 unspecified atom stereocenters. The number of hydrogen-bond donors (Lipinski definition) is 1. The normalized spacial score (nSPS) is 22.6. The molecule has 0 aliphatic heterocycles. The van der Waals surface area contributed by atoms with E-state index in [-0.39, 0.29) is 17.6 Å². The van der Waals surface area contributed by atoms with Crippen LogP contribution in [0.4, 0.5) is 13.2 Å². The Morgan fingerprint density at radius 2 is 1.75 bits per heavy atom. The van der Waals surface area contributed by atoms with Crippen molar-refractivity contribution in [3.05, 3.63) is 35.1 Å². The van der Waals surface area contributed by atoms with Gasteiger partial charge in [0.05, 0.1) is 0 Å². The number of halogens is 3. The van der Waals surface area contributed by atoms with Gasteiger partial charge < -0.3 is 10.6 Å². The van der Waals surface area contributed by atoms with Crippen LogP contribution in [0.3, 0.4) is 0 Å². The van der Waals surface area contributed by atoms with Crippen molar-refractivity contribution in [2.45, 2.75) is 37.8 Å². The zero-order chi connectivity index (χ0) is 14.9. The molecule has 1 saturated carbocycles. The summed E-state index contributed by atoms with van der Waals surface area (Å²) in [6.07, 6.45) is 3.55. The fraction of sp³-hybridized carbons (Fsp3) is 0.500. The lowest BCUT2D eigenvalue weighted by molar-refractivity contribution is 0.0671. The molecule has 1 aromatic carbocycles. The number of nitrogens with zero attached hydrogens (tertiary/aromatic N) is 1. The topological polar surface area (TPSA) is 46.3 Å². The molecule has 1 amide bonds. The first-order chi connectivity index (χ1) is 9.41. The minimum atomic E-state index is -1.57. The van der Waals surface area contributed by atoms with Crippen LogP contribution in [-0.4, -0.2) is 29.9 Å². The van der Waals surface area contributed by atoms with Gasteiger partial charge in [-0.1, -0.05) is 12.8 Å². The molecule has 110 valence electrons. The molecule has 2 rings (SSSR count). The Morgan fingerprint density at radius 3 is 2.30 bits per heavy atom. The van der Waals surface area contributed by atoms with E-state index in [2.05, 4.69) is 0 Å². The monoisotopic (exact) mass is 286 g/mol. The van der Waals surface area contributed by atoms with Crippen LogP contribution >= 0.6 is 0 Å². The van der Waals surface area contributed by atoms with Crippen molar-refractivity contribution in [3.63, 3.8) is 0 Å². The van der Waals surface area contributed by atoms with Crippen LogP contribution in [0.15, 0.2) is 12.1 Å². The fourth-order valence-electron chi connectivity index (χ4n) is 2.65. The molecule has 3 nitrogen and oxygen atoms in total. The number of amides is 1. The third-order valence-corrected chi connectivity index (χ3v) is 3.83. The summed E-state index contributed by atoms with van der Waals surface area (Å²) in [6, 6.07) is 1.12. The van der Waals surface area contributed by atoms with Crippen molar-refractivity contribution in [1.29, 1.82) is 0 Å². The van der Waals surface area contributed by atoms with Crippen LogP contribution < -0.4 is 5.73 Å². The summed E-state index contributed by atoms with van der Waals surface area (Å²) in [5, 5.41) is 0. The molecule has 2 N–H and O–H groups in total. The van der Waals surface area contributed by atoms with E-state index >= 15 is 0 Å². The summed E-state index contributed by atoms with van der Waals surface area (Å²) in [5.41, 5.74) is 5.77. The lowest BCUT2D eigenvalue weighted by atomic mass is 9.90. The standard InChI is InChI=1S/C14H17F3N2O/c1-19(12-5-3-2-4-11(12)18)14(20)8-6-9(15)13(17)10(16)7-8/h6-7,11-12H,2-5,18H2,1H3. The summed E-state index contributed by atoms with van der Waals surface area (Å²) in [4.78, 5) is 13.6. The summed E-state index contributed by atoms with van der Waals surface area (Å²) in [5.74, 6) is -4.85. The summed E-state index contributed by atoms with van der Waals surface area (Å²) >= 11 is 0. The third-order valence-electron chi connectivity index (χ3n) is 3.83. The summed E-state index contributed by atoms with van der Waals surface area (Å²) in [7, 11) is 1.55. The minimum absolute atomic E-state index is 0.146. The highest BCUT2D eigenvalue weighted by Gasteiger charge is 2.29. The number of likely N-dealkylation sites (N-methyl/N-ethyl adjacent to an activating group) is 1. The predicted octanol–water partition coefficient (Wildman–Crippen LogP) is 2.45. The first-order valence-corrected chi connectivity index (χ1v) is 6.59. The van der Waals surface area contributed by atoms with Crippen LogP contribution in [-0.2, 0) is 0 Å². The van der Waals surface area contributed by atoms with Crippen LogP contribution in [0, 0.1) is 17.5 Å². The SMILES string of the molecule is CN(C(=O)c1cc(F)c(F)c(F)c1)C1CCCCC1N. The maximum absolute atomic E-state index is 13.2. The molecule has 0 bridgehead atoms. The van der Waals surface area contributed by atoms with Gasteiger partial charge in [0.1, 0.15) is 0 Å². The van der Waals surface area contributed by atoms with Gasteiger partial charge in [0.2, 0.25) is 0 Å². The van der Waals surface area contributed by atoms with Gasteiger partial charge >= 0.3 is 0 Å². The van der Waals surface area contributed by atoms with Crippen molar-refractivity contribution in [3.8, 4) is 0 Å². The number of nitrogens with two attached hydrogens (primary N) is 1. The average molecular weight is 286 g/mol. The van der Waals surface area contributed by atoms with E-state index in [1.54, 1.807) is 7.05 Å². The van der Waals surface area contributed by atoms with Crippen molar-refractivity contribution in [1.82, 2.24) is 4.90 Å². The van der Waals surface area contributed by atoms with E-state index in [0.29, 0.717) is 12.1 Å². The van der Waals surface area contributed by atoms with E-state index in [1.807, 2.05) is 0 Å². The molecule has 1 aliphatic rings. The highest BCUT2D eigenvalue weighted by atomic mass is 19.2. The zero-order valence-electron chi connectivity index (χ0n) is 11.2. The Kier molecular flexibility index (Phi) is 4.32. The molecular formula is C14H17F3N2O. The summed E-state index contributed by atoms with van der Waals surface area (Å²) < 4.78 is 39.2. The number of hydrogen-bond acceptors (Lipinski definition) is 2. The molecule has 6 heteroatoms. The van der Waals surface area contributed by atoms with Crippen LogP contribution in [0.2, 0.25) is 0 Å². The van der Waals surface area contributed by atoms with Crippen molar-refractivity contribution < 1.29 is 18.0 Å². The largest absolute Gasteiger partial charge is 0.337 e. The number of benzene rings is 1. The first kappa shape index (κ1) is 14.8. The summed E-state index contributed by atoms with van der Waals surface area (Å²) in [6.45, 7) is 0. The Bertz CT molecular complexity index is 498. The number of rotatable bonds is 2. The molecular weight excluding hydrogens is 269 g/mol. The van der Waals surface area contributed by atoms with Crippen LogP contribution in [0.5, 0.6) is 0 Å². The number of carbonyl (C=O) groups is 1. The van der Waals surface area contributed by atoms with Crippen molar-refractivity contribution in [2.75, 3.05) is 7.05 Å². The molecule has 1 aromatic rings. The molecule has 0 saturated heterocycles. The average Bonchev–Trinajstić information content (AvgIpc) is 2.43. The van der Waals surface area contributed by atoms with Gasteiger partial charge in [-0.15, -0.1) is 0 Å². The lowest BCUT2D eigenvalue weighted by Crippen LogP contribution is -2.50. The molecule has 1 aliphatic carbocycles.